The highest BCUT2D eigenvalue weighted by molar-refractivity contribution is 5.01. The fourth-order valence-corrected chi connectivity index (χ4v) is 4.83. The van der Waals surface area contributed by atoms with E-state index in [2.05, 4.69) is 18.7 Å². The van der Waals surface area contributed by atoms with Gasteiger partial charge in [0.05, 0.1) is 0 Å². The molecule has 0 aromatic carbocycles. The zero-order chi connectivity index (χ0) is 14.2. The van der Waals surface area contributed by atoms with Crippen molar-refractivity contribution in [2.45, 2.75) is 77.2 Å². The molecule has 0 aromatic rings. The van der Waals surface area contributed by atoms with Crippen molar-refractivity contribution in [1.29, 1.82) is 0 Å². The Morgan fingerprint density at radius 1 is 1.05 bits per heavy atom. The molecule has 2 nitrogen and oxygen atoms in total. The largest absolute Gasteiger partial charge is 0.329 e. The Morgan fingerprint density at radius 2 is 1.75 bits per heavy atom. The first-order valence-electron chi connectivity index (χ1n) is 9.06. The smallest absolute Gasteiger partial charge is 0.0334 e. The van der Waals surface area contributed by atoms with Crippen LogP contribution in [0, 0.1) is 17.3 Å². The molecule has 3 aliphatic rings. The summed E-state index contributed by atoms with van der Waals surface area (Å²) in [7, 11) is 0. The van der Waals surface area contributed by atoms with E-state index in [4.69, 9.17) is 5.73 Å². The monoisotopic (exact) mass is 278 g/mol. The number of likely N-dealkylation sites (tertiary alicyclic amines) is 1. The molecule has 1 heterocycles. The lowest BCUT2D eigenvalue weighted by Gasteiger charge is -2.52. The predicted molar refractivity (Wildman–Crippen MR) is 85.7 cm³/mol. The molecule has 1 saturated heterocycles. The van der Waals surface area contributed by atoms with Gasteiger partial charge in [-0.15, -0.1) is 0 Å². The van der Waals surface area contributed by atoms with Gasteiger partial charge in [-0.1, -0.05) is 33.1 Å². The summed E-state index contributed by atoms with van der Waals surface area (Å²) in [5.41, 5.74) is 7.27. The van der Waals surface area contributed by atoms with Gasteiger partial charge in [-0.05, 0) is 68.9 Å². The molecule has 20 heavy (non-hydrogen) atoms. The van der Waals surface area contributed by atoms with Gasteiger partial charge in [-0.25, -0.2) is 0 Å². The first kappa shape index (κ1) is 14.8. The Bertz CT molecular complexity index is 328. The van der Waals surface area contributed by atoms with Gasteiger partial charge in [-0.2, -0.15) is 0 Å². The molecule has 3 rings (SSSR count). The molecule has 2 saturated carbocycles. The van der Waals surface area contributed by atoms with E-state index in [1.807, 2.05) is 0 Å². The lowest BCUT2D eigenvalue weighted by atomic mass is 9.70. The van der Waals surface area contributed by atoms with Gasteiger partial charge < -0.3 is 5.73 Å². The molecule has 2 heteroatoms. The molecule has 0 aromatic heterocycles. The van der Waals surface area contributed by atoms with Crippen molar-refractivity contribution < 1.29 is 0 Å². The summed E-state index contributed by atoms with van der Waals surface area (Å²) >= 11 is 0. The molecule has 2 N–H and O–H groups in total. The van der Waals surface area contributed by atoms with E-state index < -0.39 is 0 Å². The minimum absolute atomic E-state index is 0.362. The maximum Gasteiger partial charge on any atom is 0.0334 e. The Labute approximate surface area is 125 Å². The number of nitrogens with zero attached hydrogens (tertiary/aromatic N) is 1. The van der Waals surface area contributed by atoms with E-state index >= 15 is 0 Å². The molecule has 0 radical (unpaired) electrons. The molecule has 1 aliphatic heterocycles. The van der Waals surface area contributed by atoms with Crippen LogP contribution in [-0.2, 0) is 0 Å². The van der Waals surface area contributed by atoms with Crippen LogP contribution in [0.2, 0.25) is 0 Å². The molecule has 3 fully saturated rings. The van der Waals surface area contributed by atoms with Crippen LogP contribution in [0.15, 0.2) is 0 Å². The molecule has 2 unspecified atom stereocenters. The molecule has 0 amide bonds. The highest BCUT2D eigenvalue weighted by Gasteiger charge is 2.46. The van der Waals surface area contributed by atoms with Crippen molar-refractivity contribution in [2.75, 3.05) is 19.6 Å². The number of nitrogens with two attached hydrogens (primary N) is 1. The molecule has 2 atom stereocenters. The summed E-state index contributed by atoms with van der Waals surface area (Å²) in [5, 5.41) is 0. The second-order valence-corrected chi connectivity index (χ2v) is 8.27. The first-order chi connectivity index (χ1) is 9.61. The highest BCUT2D eigenvalue weighted by Crippen LogP contribution is 2.49. The number of hydrogen-bond acceptors (Lipinski definition) is 2. The highest BCUT2D eigenvalue weighted by atomic mass is 15.2. The topological polar surface area (TPSA) is 29.3 Å². The summed E-state index contributed by atoms with van der Waals surface area (Å²) in [6.45, 7) is 8.31. The van der Waals surface area contributed by atoms with Gasteiger partial charge >= 0.3 is 0 Å². The van der Waals surface area contributed by atoms with Gasteiger partial charge in [0.2, 0.25) is 0 Å². The maximum atomic E-state index is 6.31. The minimum atomic E-state index is 0.362. The van der Waals surface area contributed by atoms with E-state index in [-0.39, 0.29) is 0 Å². The second kappa shape index (κ2) is 5.61. The van der Waals surface area contributed by atoms with Crippen LogP contribution in [-0.4, -0.2) is 30.1 Å². The Morgan fingerprint density at radius 3 is 2.30 bits per heavy atom. The molecular formula is C18H34N2. The van der Waals surface area contributed by atoms with Crippen LogP contribution in [0.4, 0.5) is 0 Å². The van der Waals surface area contributed by atoms with Gasteiger partial charge in [-0.3, -0.25) is 4.90 Å². The second-order valence-electron chi connectivity index (χ2n) is 8.27. The third-order valence-electron chi connectivity index (χ3n) is 7.02. The van der Waals surface area contributed by atoms with Gasteiger partial charge in [0, 0.05) is 12.1 Å². The van der Waals surface area contributed by atoms with Crippen LogP contribution in [0.25, 0.3) is 0 Å². The average Bonchev–Trinajstić information content (AvgIpc) is 3.33. The summed E-state index contributed by atoms with van der Waals surface area (Å²) in [5.74, 6) is 2.05. The Hall–Kier alpha value is -0.0800. The SMILES string of the molecule is CCC1(C)CCN(C2(CN)CCCC(C3CC3)C2)CC1. The lowest BCUT2D eigenvalue weighted by molar-refractivity contribution is -0.0124. The summed E-state index contributed by atoms with van der Waals surface area (Å²) < 4.78 is 0. The van der Waals surface area contributed by atoms with Gasteiger partial charge in [0.25, 0.3) is 0 Å². The third-order valence-corrected chi connectivity index (χ3v) is 7.02. The quantitative estimate of drug-likeness (QED) is 0.847. The normalized spacial score (nSPS) is 38.9. The number of piperidine rings is 1. The van der Waals surface area contributed by atoms with Crippen molar-refractivity contribution in [2.24, 2.45) is 23.0 Å². The molecule has 116 valence electrons. The molecular weight excluding hydrogens is 244 g/mol. The van der Waals surface area contributed by atoms with Crippen LogP contribution < -0.4 is 5.73 Å². The van der Waals surface area contributed by atoms with Crippen molar-refractivity contribution >= 4 is 0 Å². The summed E-state index contributed by atoms with van der Waals surface area (Å²) in [4.78, 5) is 2.80. The fourth-order valence-electron chi connectivity index (χ4n) is 4.83. The van der Waals surface area contributed by atoms with Crippen molar-refractivity contribution in [3.63, 3.8) is 0 Å². The zero-order valence-electron chi connectivity index (χ0n) is 13.7. The van der Waals surface area contributed by atoms with Crippen LogP contribution in [0.5, 0.6) is 0 Å². The van der Waals surface area contributed by atoms with Crippen LogP contribution >= 0.6 is 0 Å². The van der Waals surface area contributed by atoms with E-state index in [1.165, 1.54) is 70.9 Å². The first-order valence-corrected chi connectivity index (χ1v) is 9.06. The Balaban J connectivity index is 1.66. The van der Waals surface area contributed by atoms with E-state index in [9.17, 15) is 0 Å². The van der Waals surface area contributed by atoms with Crippen LogP contribution in [0.1, 0.15) is 71.6 Å². The van der Waals surface area contributed by atoms with Crippen molar-refractivity contribution in [3.05, 3.63) is 0 Å². The predicted octanol–water partition coefficient (Wildman–Crippen LogP) is 3.80. The minimum Gasteiger partial charge on any atom is -0.329 e. The standard InChI is InChI=1S/C18H34N2/c1-3-17(2)9-11-20(12-10-17)18(14-19)8-4-5-16(13-18)15-6-7-15/h15-16H,3-14,19H2,1-2H3. The van der Waals surface area contributed by atoms with Crippen molar-refractivity contribution in [3.8, 4) is 0 Å². The maximum absolute atomic E-state index is 6.31. The Kier molecular flexibility index (Phi) is 4.16. The van der Waals surface area contributed by atoms with Crippen LogP contribution in [0.3, 0.4) is 0 Å². The fraction of sp³-hybridized carbons (Fsp3) is 1.00. The molecule has 0 bridgehead atoms. The van der Waals surface area contributed by atoms with E-state index in [0.717, 1.165) is 18.4 Å². The van der Waals surface area contributed by atoms with Crippen molar-refractivity contribution in [1.82, 2.24) is 4.90 Å². The third kappa shape index (κ3) is 2.78. The number of rotatable bonds is 4. The molecule has 0 spiro atoms. The van der Waals surface area contributed by atoms with E-state index in [1.54, 1.807) is 0 Å². The van der Waals surface area contributed by atoms with Gasteiger partial charge in [0.1, 0.15) is 0 Å². The zero-order valence-corrected chi connectivity index (χ0v) is 13.7. The lowest BCUT2D eigenvalue weighted by Crippen LogP contribution is -2.59. The molecule has 2 aliphatic carbocycles. The van der Waals surface area contributed by atoms with Gasteiger partial charge in [0.15, 0.2) is 0 Å². The average molecular weight is 278 g/mol. The van der Waals surface area contributed by atoms with E-state index in [0.29, 0.717) is 11.0 Å². The number of hydrogen-bond donors (Lipinski definition) is 1. The summed E-state index contributed by atoms with van der Waals surface area (Å²) in [6, 6.07) is 0. The summed E-state index contributed by atoms with van der Waals surface area (Å²) in [6.07, 6.45) is 12.7.